The Morgan fingerprint density at radius 3 is 2.35 bits per heavy atom. The van der Waals surface area contributed by atoms with E-state index in [2.05, 4.69) is 10.6 Å². The first-order valence-electron chi connectivity index (χ1n) is 6.98. The Kier molecular flexibility index (Phi) is 7.05. The largest absolute Gasteiger partial charge is 0.484 e. The van der Waals surface area contributed by atoms with Crippen molar-refractivity contribution >= 4 is 69.7 Å². The molecule has 2 aromatic carbocycles. The van der Waals surface area contributed by atoms with Crippen molar-refractivity contribution < 1.29 is 19.4 Å². The Morgan fingerprint density at radius 2 is 1.73 bits per heavy atom. The number of nitrogens with one attached hydrogen (secondary N) is 2. The summed E-state index contributed by atoms with van der Waals surface area (Å²) in [5, 5.41) is 14.8. The fourth-order valence-electron chi connectivity index (χ4n) is 1.86. The minimum absolute atomic E-state index is 0.0208. The zero-order valence-corrected chi connectivity index (χ0v) is 16.0. The molecule has 1 amide bonds. The molecular formula is C16H11Cl3N2O4S. The van der Waals surface area contributed by atoms with Gasteiger partial charge in [-0.1, -0.05) is 34.8 Å². The number of hydrogen-bond acceptors (Lipinski definition) is 4. The zero-order valence-electron chi connectivity index (χ0n) is 12.9. The minimum Gasteiger partial charge on any atom is -0.484 e. The zero-order chi connectivity index (χ0) is 19.3. The molecule has 0 aliphatic heterocycles. The fourth-order valence-corrected chi connectivity index (χ4v) is 2.74. The normalized spacial score (nSPS) is 10.1. The molecule has 0 saturated heterocycles. The summed E-state index contributed by atoms with van der Waals surface area (Å²) >= 11 is 22.5. The van der Waals surface area contributed by atoms with Crippen molar-refractivity contribution in [2.24, 2.45) is 0 Å². The van der Waals surface area contributed by atoms with Crippen LogP contribution in [0.5, 0.6) is 5.75 Å². The van der Waals surface area contributed by atoms with E-state index >= 15 is 0 Å². The predicted molar refractivity (Wildman–Crippen MR) is 105 cm³/mol. The van der Waals surface area contributed by atoms with Crippen LogP contribution in [-0.4, -0.2) is 28.7 Å². The third-order valence-corrected chi connectivity index (χ3v) is 3.93. The molecule has 0 atom stereocenters. The minimum atomic E-state index is -1.25. The number of carbonyl (C=O) groups is 2. The smallest absolute Gasteiger partial charge is 0.337 e. The monoisotopic (exact) mass is 432 g/mol. The van der Waals surface area contributed by atoms with Crippen LogP contribution in [-0.2, 0) is 4.79 Å². The average Bonchev–Trinajstić information content (AvgIpc) is 2.56. The lowest BCUT2D eigenvalue weighted by atomic mass is 10.2. The highest BCUT2D eigenvalue weighted by Crippen LogP contribution is 2.30. The van der Waals surface area contributed by atoms with Gasteiger partial charge in [-0.3, -0.25) is 10.1 Å². The number of carbonyl (C=O) groups excluding carboxylic acids is 1. The van der Waals surface area contributed by atoms with Crippen molar-refractivity contribution in [2.75, 3.05) is 11.9 Å². The Hall–Kier alpha value is -2.06. The summed E-state index contributed by atoms with van der Waals surface area (Å²) in [7, 11) is 0. The lowest BCUT2D eigenvalue weighted by molar-refractivity contribution is -0.121. The molecule has 136 valence electrons. The molecule has 0 unspecified atom stereocenters. The summed E-state index contributed by atoms with van der Waals surface area (Å²) < 4.78 is 5.28. The van der Waals surface area contributed by atoms with Crippen molar-refractivity contribution in [1.29, 1.82) is 0 Å². The molecule has 0 aliphatic rings. The highest BCUT2D eigenvalue weighted by Gasteiger charge is 2.17. The number of rotatable bonds is 5. The fraction of sp³-hybridized carbons (Fsp3) is 0.0625. The molecule has 0 spiro atoms. The number of amides is 1. The first-order chi connectivity index (χ1) is 12.3. The van der Waals surface area contributed by atoms with Gasteiger partial charge < -0.3 is 15.2 Å². The topological polar surface area (TPSA) is 87.7 Å². The van der Waals surface area contributed by atoms with Gasteiger partial charge in [0.25, 0.3) is 5.91 Å². The number of benzene rings is 2. The second-order valence-corrected chi connectivity index (χ2v) is 6.55. The number of ether oxygens (including phenoxy) is 1. The molecule has 0 aliphatic carbocycles. The van der Waals surface area contributed by atoms with Crippen LogP contribution in [0.25, 0.3) is 0 Å². The maximum absolute atomic E-state index is 11.9. The van der Waals surface area contributed by atoms with Gasteiger partial charge in [0.15, 0.2) is 11.7 Å². The molecule has 0 heterocycles. The second kappa shape index (κ2) is 9.05. The van der Waals surface area contributed by atoms with E-state index in [1.54, 1.807) is 24.3 Å². The van der Waals surface area contributed by atoms with Crippen LogP contribution in [0.1, 0.15) is 10.4 Å². The first-order valence-corrected chi connectivity index (χ1v) is 8.52. The Balaban J connectivity index is 1.97. The van der Waals surface area contributed by atoms with Crippen molar-refractivity contribution in [2.45, 2.75) is 0 Å². The summed E-state index contributed by atoms with van der Waals surface area (Å²) in [4.78, 5) is 23.2. The Bertz CT molecular complexity index is 859. The van der Waals surface area contributed by atoms with Gasteiger partial charge in [-0.05, 0) is 48.6 Å². The third kappa shape index (κ3) is 5.74. The SMILES string of the molecule is O=C(COc1ccc(Cl)cc1)NC(=S)Nc1c(Cl)cc(Cl)cc1C(=O)O. The van der Waals surface area contributed by atoms with E-state index in [9.17, 15) is 14.7 Å². The summed E-state index contributed by atoms with van der Waals surface area (Å²) in [6.07, 6.45) is 0. The number of halogens is 3. The quantitative estimate of drug-likeness (QED) is 0.611. The summed E-state index contributed by atoms with van der Waals surface area (Å²) in [5.74, 6) is -1.34. The average molecular weight is 434 g/mol. The summed E-state index contributed by atoms with van der Waals surface area (Å²) in [6.45, 7) is -0.302. The molecule has 10 heteroatoms. The lowest BCUT2D eigenvalue weighted by Crippen LogP contribution is -2.37. The van der Waals surface area contributed by atoms with Gasteiger partial charge in [-0.2, -0.15) is 0 Å². The Morgan fingerprint density at radius 1 is 1.08 bits per heavy atom. The molecule has 26 heavy (non-hydrogen) atoms. The molecule has 0 radical (unpaired) electrons. The van der Waals surface area contributed by atoms with Gasteiger partial charge >= 0.3 is 5.97 Å². The maximum Gasteiger partial charge on any atom is 0.337 e. The molecule has 2 rings (SSSR count). The van der Waals surface area contributed by atoms with Gasteiger partial charge in [0.2, 0.25) is 0 Å². The van der Waals surface area contributed by atoms with Gasteiger partial charge in [-0.25, -0.2) is 4.79 Å². The molecule has 0 fully saturated rings. The van der Waals surface area contributed by atoms with Crippen LogP contribution in [0.2, 0.25) is 15.1 Å². The van der Waals surface area contributed by atoms with Crippen molar-refractivity contribution in [3.05, 3.63) is 57.0 Å². The van der Waals surface area contributed by atoms with Gasteiger partial charge in [-0.15, -0.1) is 0 Å². The van der Waals surface area contributed by atoms with Crippen LogP contribution < -0.4 is 15.4 Å². The molecule has 0 bridgehead atoms. The molecule has 2 aromatic rings. The van der Waals surface area contributed by atoms with Crippen LogP contribution in [0.4, 0.5) is 5.69 Å². The van der Waals surface area contributed by atoms with E-state index in [4.69, 9.17) is 51.8 Å². The van der Waals surface area contributed by atoms with Gasteiger partial charge in [0.05, 0.1) is 16.3 Å². The van der Waals surface area contributed by atoms with Crippen molar-refractivity contribution in [1.82, 2.24) is 5.32 Å². The first kappa shape index (κ1) is 20.3. The highest BCUT2D eigenvalue weighted by molar-refractivity contribution is 7.80. The summed E-state index contributed by atoms with van der Waals surface area (Å²) in [6, 6.07) is 9.03. The number of carboxylic acids is 1. The molecule has 0 aromatic heterocycles. The maximum atomic E-state index is 11.9. The van der Waals surface area contributed by atoms with E-state index in [-0.39, 0.29) is 33.0 Å². The van der Waals surface area contributed by atoms with Crippen molar-refractivity contribution in [3.63, 3.8) is 0 Å². The van der Waals surface area contributed by atoms with E-state index in [1.165, 1.54) is 12.1 Å². The number of thiocarbonyl (C=S) groups is 1. The van der Waals surface area contributed by atoms with Gasteiger partial charge in [0, 0.05) is 10.0 Å². The number of hydrogen-bond donors (Lipinski definition) is 3. The number of carboxylic acid groups (broad SMARTS) is 1. The van der Waals surface area contributed by atoms with E-state index in [1.807, 2.05) is 0 Å². The van der Waals surface area contributed by atoms with E-state index in [0.717, 1.165) is 0 Å². The van der Waals surface area contributed by atoms with Crippen LogP contribution in [0.3, 0.4) is 0 Å². The van der Waals surface area contributed by atoms with Crippen LogP contribution in [0, 0.1) is 0 Å². The summed E-state index contributed by atoms with van der Waals surface area (Å²) in [5.41, 5.74) is -0.163. The molecule has 3 N–H and O–H groups in total. The predicted octanol–water partition coefficient (Wildman–Crippen LogP) is 4.24. The third-order valence-electron chi connectivity index (χ3n) is 2.96. The standard InChI is InChI=1S/C16H11Cl3N2O4S/c17-8-1-3-10(4-2-8)25-7-13(22)20-16(26)21-14-11(15(23)24)5-9(18)6-12(14)19/h1-6H,7H2,(H,23,24)(H2,20,21,22,26). The molecular weight excluding hydrogens is 423 g/mol. The van der Waals surface area contributed by atoms with E-state index in [0.29, 0.717) is 10.8 Å². The van der Waals surface area contributed by atoms with Crippen molar-refractivity contribution in [3.8, 4) is 5.75 Å². The molecule has 0 saturated carbocycles. The van der Waals surface area contributed by atoms with Crippen LogP contribution in [0.15, 0.2) is 36.4 Å². The second-order valence-electron chi connectivity index (χ2n) is 4.86. The number of aromatic carboxylic acids is 1. The van der Waals surface area contributed by atoms with Crippen LogP contribution >= 0.6 is 47.0 Å². The van der Waals surface area contributed by atoms with Gasteiger partial charge in [0.1, 0.15) is 5.75 Å². The Labute approximate surface area is 169 Å². The highest BCUT2D eigenvalue weighted by atomic mass is 35.5. The van der Waals surface area contributed by atoms with E-state index < -0.39 is 11.9 Å². The molecule has 6 nitrogen and oxygen atoms in total. The number of anilines is 1. The lowest BCUT2D eigenvalue weighted by Gasteiger charge is -2.14.